The maximum Gasteiger partial charge on any atom is 0.267 e. The Bertz CT molecular complexity index is 1000. The van der Waals surface area contributed by atoms with Crippen molar-refractivity contribution >= 4 is 27.3 Å². The Hall–Kier alpha value is -2.74. The number of para-hydroxylation sites is 2. The first kappa shape index (κ1) is 20.5. The van der Waals surface area contributed by atoms with Crippen LogP contribution in [-0.2, 0) is 14.8 Å². The molecule has 0 aromatic heterocycles. The number of benzene rings is 2. The van der Waals surface area contributed by atoms with Gasteiger partial charge in [-0.05, 0) is 69.0 Å². The largest absolute Gasteiger partial charge is 0.490 e. The molecule has 1 heterocycles. The van der Waals surface area contributed by atoms with Crippen molar-refractivity contribution in [2.75, 3.05) is 21.9 Å². The van der Waals surface area contributed by atoms with Gasteiger partial charge in [-0.1, -0.05) is 12.1 Å². The Kier molecular flexibility index (Phi) is 5.85. The molecule has 1 fully saturated rings. The van der Waals surface area contributed by atoms with Gasteiger partial charge >= 0.3 is 0 Å². The van der Waals surface area contributed by atoms with Crippen LogP contribution in [0.5, 0.6) is 11.5 Å². The molecule has 0 unspecified atom stereocenters. The first-order valence-electron chi connectivity index (χ1n) is 10.3. The second-order valence-electron chi connectivity index (χ2n) is 7.54. The van der Waals surface area contributed by atoms with E-state index in [-0.39, 0.29) is 18.4 Å². The number of carbonyl (C=O) groups excluding carboxylic acids is 1. The van der Waals surface area contributed by atoms with E-state index in [9.17, 15) is 13.2 Å². The van der Waals surface area contributed by atoms with Crippen LogP contribution in [0.4, 0.5) is 11.4 Å². The second kappa shape index (κ2) is 8.55. The molecule has 2 aromatic rings. The van der Waals surface area contributed by atoms with Gasteiger partial charge in [-0.15, -0.1) is 0 Å². The Labute approximate surface area is 177 Å². The van der Waals surface area contributed by atoms with Crippen molar-refractivity contribution in [3.05, 3.63) is 48.5 Å². The molecule has 2 aliphatic rings. The minimum absolute atomic E-state index is 0.0574. The third-order valence-electron chi connectivity index (χ3n) is 5.45. The minimum atomic E-state index is -3.53. The van der Waals surface area contributed by atoms with Crippen LogP contribution in [0.15, 0.2) is 48.5 Å². The van der Waals surface area contributed by atoms with Crippen LogP contribution in [-0.4, -0.2) is 38.8 Å². The molecule has 1 aliphatic carbocycles. The number of fused-ring (bicyclic) bond motifs is 1. The summed E-state index contributed by atoms with van der Waals surface area (Å²) in [6, 6.07) is 14.1. The number of anilines is 2. The van der Waals surface area contributed by atoms with Gasteiger partial charge < -0.3 is 14.8 Å². The molecule has 1 atom stereocenters. The van der Waals surface area contributed by atoms with Gasteiger partial charge in [-0.3, -0.25) is 9.10 Å². The molecule has 1 aliphatic heterocycles. The minimum Gasteiger partial charge on any atom is -0.490 e. The predicted octanol–water partition coefficient (Wildman–Crippen LogP) is 3.56. The third-order valence-corrected chi connectivity index (χ3v) is 7.20. The van der Waals surface area contributed by atoms with Crippen LogP contribution in [0, 0.1) is 0 Å². The molecule has 8 heteroatoms. The van der Waals surface area contributed by atoms with Gasteiger partial charge in [0.05, 0.1) is 24.1 Å². The fraction of sp³-hybridized carbons (Fsp3) is 0.409. The van der Waals surface area contributed by atoms with Crippen molar-refractivity contribution in [3.8, 4) is 11.5 Å². The SMILES string of the molecule is CCS(=O)(=O)N1C[C@H](C(=O)Nc2ccc(OC3CCCC3)cc2)Oc2ccccc21. The van der Waals surface area contributed by atoms with Gasteiger partial charge in [-0.25, -0.2) is 8.42 Å². The first-order valence-corrected chi connectivity index (χ1v) is 11.9. The maximum atomic E-state index is 12.8. The van der Waals surface area contributed by atoms with Crippen LogP contribution in [0.3, 0.4) is 0 Å². The van der Waals surface area contributed by atoms with E-state index in [2.05, 4.69) is 5.32 Å². The summed E-state index contributed by atoms with van der Waals surface area (Å²) in [4.78, 5) is 12.8. The van der Waals surface area contributed by atoms with Crippen LogP contribution in [0.2, 0.25) is 0 Å². The van der Waals surface area contributed by atoms with E-state index in [1.165, 1.54) is 17.1 Å². The zero-order valence-electron chi connectivity index (χ0n) is 16.9. The summed E-state index contributed by atoms with van der Waals surface area (Å²) < 4.78 is 38.1. The molecule has 1 amide bonds. The van der Waals surface area contributed by atoms with Gasteiger partial charge in [0.25, 0.3) is 5.91 Å². The van der Waals surface area contributed by atoms with Crippen LogP contribution in [0.25, 0.3) is 0 Å². The molecule has 160 valence electrons. The molecule has 7 nitrogen and oxygen atoms in total. The number of hydrogen-bond acceptors (Lipinski definition) is 5. The average molecular weight is 431 g/mol. The molecule has 2 aromatic carbocycles. The monoisotopic (exact) mass is 430 g/mol. The molecule has 1 N–H and O–H groups in total. The second-order valence-corrected chi connectivity index (χ2v) is 9.73. The number of ether oxygens (including phenoxy) is 2. The van der Waals surface area contributed by atoms with Crippen molar-refractivity contribution in [1.82, 2.24) is 0 Å². The number of sulfonamides is 1. The number of nitrogens with zero attached hydrogens (tertiary/aromatic N) is 1. The fourth-order valence-corrected chi connectivity index (χ4v) is 4.92. The topological polar surface area (TPSA) is 84.9 Å². The quantitative estimate of drug-likeness (QED) is 0.757. The molecular formula is C22H26N2O5S. The Morgan fingerprint density at radius 2 is 1.83 bits per heavy atom. The fourth-order valence-electron chi connectivity index (χ4n) is 3.80. The zero-order valence-corrected chi connectivity index (χ0v) is 17.7. The van der Waals surface area contributed by atoms with E-state index in [1.807, 2.05) is 12.1 Å². The van der Waals surface area contributed by atoms with E-state index < -0.39 is 22.0 Å². The van der Waals surface area contributed by atoms with Crippen LogP contribution < -0.4 is 19.1 Å². The predicted molar refractivity (Wildman–Crippen MR) is 116 cm³/mol. The first-order chi connectivity index (χ1) is 14.5. The lowest BCUT2D eigenvalue weighted by atomic mass is 10.2. The van der Waals surface area contributed by atoms with Gasteiger partial charge in [0.1, 0.15) is 11.5 Å². The molecule has 1 saturated carbocycles. The van der Waals surface area contributed by atoms with E-state index >= 15 is 0 Å². The highest BCUT2D eigenvalue weighted by atomic mass is 32.2. The standard InChI is InChI=1S/C22H26N2O5S/c1-2-30(26,27)24-15-21(29-20-10-6-5-9-19(20)24)22(25)23-16-11-13-18(14-12-16)28-17-7-3-4-8-17/h5-6,9-14,17,21H,2-4,7-8,15H2,1H3,(H,23,25)/t21-/m1/s1. The van der Waals surface area contributed by atoms with Crippen molar-refractivity contribution in [2.45, 2.75) is 44.8 Å². The zero-order chi connectivity index (χ0) is 21.1. The van der Waals surface area contributed by atoms with Crippen molar-refractivity contribution < 1.29 is 22.7 Å². The van der Waals surface area contributed by atoms with Gasteiger partial charge in [-0.2, -0.15) is 0 Å². The number of hydrogen-bond donors (Lipinski definition) is 1. The number of amides is 1. The lowest BCUT2D eigenvalue weighted by Crippen LogP contribution is -2.49. The van der Waals surface area contributed by atoms with Crippen LogP contribution >= 0.6 is 0 Å². The number of nitrogens with one attached hydrogen (secondary N) is 1. The highest BCUT2D eigenvalue weighted by molar-refractivity contribution is 7.92. The summed E-state index contributed by atoms with van der Waals surface area (Å²) in [6.45, 7) is 1.51. The molecule has 0 spiro atoms. The highest BCUT2D eigenvalue weighted by Gasteiger charge is 2.35. The number of rotatable bonds is 6. The summed E-state index contributed by atoms with van der Waals surface area (Å²) in [6.07, 6.45) is 3.89. The Balaban J connectivity index is 1.45. The molecule has 0 saturated heterocycles. The summed E-state index contributed by atoms with van der Waals surface area (Å²) in [5.41, 5.74) is 1.06. The highest BCUT2D eigenvalue weighted by Crippen LogP contribution is 2.35. The summed E-state index contributed by atoms with van der Waals surface area (Å²) in [5, 5.41) is 2.81. The smallest absolute Gasteiger partial charge is 0.267 e. The summed E-state index contributed by atoms with van der Waals surface area (Å²) in [7, 11) is -3.53. The van der Waals surface area contributed by atoms with Crippen molar-refractivity contribution in [1.29, 1.82) is 0 Å². The molecular weight excluding hydrogens is 404 g/mol. The van der Waals surface area contributed by atoms with Gasteiger partial charge in [0.2, 0.25) is 10.0 Å². The van der Waals surface area contributed by atoms with Gasteiger partial charge in [0, 0.05) is 5.69 Å². The van der Waals surface area contributed by atoms with Crippen molar-refractivity contribution in [3.63, 3.8) is 0 Å². The van der Waals surface area contributed by atoms with E-state index in [4.69, 9.17) is 9.47 Å². The van der Waals surface area contributed by atoms with E-state index in [1.54, 1.807) is 43.3 Å². The Morgan fingerprint density at radius 3 is 2.53 bits per heavy atom. The number of carbonyl (C=O) groups is 1. The summed E-state index contributed by atoms with van der Waals surface area (Å²) >= 11 is 0. The lowest BCUT2D eigenvalue weighted by molar-refractivity contribution is -0.122. The molecule has 0 radical (unpaired) electrons. The normalized spacial score (nSPS) is 19.1. The summed E-state index contributed by atoms with van der Waals surface area (Å²) in [5.74, 6) is 0.701. The van der Waals surface area contributed by atoms with E-state index in [0.29, 0.717) is 17.1 Å². The molecule has 0 bridgehead atoms. The van der Waals surface area contributed by atoms with Crippen molar-refractivity contribution in [2.24, 2.45) is 0 Å². The third kappa shape index (κ3) is 4.38. The average Bonchev–Trinajstić information content (AvgIpc) is 3.27. The Morgan fingerprint density at radius 1 is 1.13 bits per heavy atom. The van der Waals surface area contributed by atoms with Gasteiger partial charge in [0.15, 0.2) is 6.10 Å². The lowest BCUT2D eigenvalue weighted by Gasteiger charge is -2.34. The van der Waals surface area contributed by atoms with Crippen LogP contribution in [0.1, 0.15) is 32.6 Å². The van der Waals surface area contributed by atoms with E-state index in [0.717, 1.165) is 18.6 Å². The maximum absolute atomic E-state index is 12.8. The molecule has 4 rings (SSSR count). The molecule has 30 heavy (non-hydrogen) atoms.